The Labute approximate surface area is 164 Å². The first-order valence-corrected chi connectivity index (χ1v) is 9.39. The van der Waals surface area contributed by atoms with E-state index in [0.29, 0.717) is 6.04 Å². The number of carbonyl (C=O) groups excluding carboxylic acids is 1. The van der Waals surface area contributed by atoms with Gasteiger partial charge in [0.2, 0.25) is 0 Å². The lowest BCUT2D eigenvalue weighted by atomic mass is 9.70. The maximum atomic E-state index is 10.8. The number of hydrogen-bond acceptors (Lipinski definition) is 3. The van der Waals surface area contributed by atoms with E-state index in [-0.39, 0.29) is 11.0 Å². The van der Waals surface area contributed by atoms with E-state index in [9.17, 15) is 9.90 Å². The van der Waals surface area contributed by atoms with E-state index in [2.05, 4.69) is 53.4 Å². The average molecular weight is 369 g/mol. The van der Waals surface area contributed by atoms with E-state index in [4.69, 9.17) is 0 Å². The Balaban J connectivity index is 1.67. The van der Waals surface area contributed by atoms with Crippen molar-refractivity contribution >= 4 is 5.97 Å². The summed E-state index contributed by atoms with van der Waals surface area (Å²) < 4.78 is 2.18. The lowest BCUT2D eigenvalue weighted by Crippen LogP contribution is -2.28. The maximum absolute atomic E-state index is 10.8. The SMILES string of the molecule is CC1(C)CCC(n2ccnc2)c2ccc(C#Cc3ccc(C(=O)[O-])cc3)cc21. The number of benzene rings is 2. The zero-order valence-corrected chi connectivity index (χ0v) is 16.0. The van der Waals surface area contributed by atoms with Gasteiger partial charge in [-0.2, -0.15) is 0 Å². The molecule has 1 aromatic heterocycles. The summed E-state index contributed by atoms with van der Waals surface area (Å²) in [5, 5.41) is 10.8. The second-order valence-electron chi connectivity index (χ2n) is 7.87. The standard InChI is InChI=1S/C24H22N2O2/c1-24(2)12-11-22(26-14-13-25-16-26)20-10-7-18(15-21(20)24)4-3-17-5-8-19(9-6-17)23(27)28/h5-10,13-16,22H,11-12H2,1-2H3,(H,27,28)/p-1. The number of carboxylic acid groups (broad SMARTS) is 1. The normalized spacial score (nSPS) is 17.3. The molecule has 0 bridgehead atoms. The fourth-order valence-electron chi connectivity index (χ4n) is 3.90. The van der Waals surface area contributed by atoms with Crippen molar-refractivity contribution in [1.82, 2.24) is 9.55 Å². The average Bonchev–Trinajstić information content (AvgIpc) is 3.21. The minimum absolute atomic E-state index is 0.0975. The molecule has 0 aliphatic heterocycles. The molecule has 140 valence electrons. The first-order chi connectivity index (χ1) is 13.4. The minimum Gasteiger partial charge on any atom is -0.545 e. The highest BCUT2D eigenvalue weighted by Gasteiger charge is 2.33. The molecular weight excluding hydrogens is 348 g/mol. The van der Waals surface area contributed by atoms with Crippen LogP contribution in [0.5, 0.6) is 0 Å². The molecule has 0 saturated carbocycles. The Morgan fingerprint density at radius 2 is 1.86 bits per heavy atom. The Hall–Kier alpha value is -3.32. The lowest BCUT2D eigenvalue weighted by molar-refractivity contribution is -0.255. The fourth-order valence-corrected chi connectivity index (χ4v) is 3.90. The molecule has 0 N–H and O–H groups in total. The molecule has 0 radical (unpaired) electrons. The van der Waals surface area contributed by atoms with Gasteiger partial charge in [0.15, 0.2) is 0 Å². The third kappa shape index (κ3) is 3.44. The van der Waals surface area contributed by atoms with E-state index in [1.165, 1.54) is 23.3 Å². The zero-order valence-electron chi connectivity index (χ0n) is 16.0. The third-order valence-electron chi connectivity index (χ3n) is 5.54. The van der Waals surface area contributed by atoms with E-state index < -0.39 is 5.97 Å². The molecule has 1 atom stereocenters. The van der Waals surface area contributed by atoms with Crippen molar-refractivity contribution in [3.8, 4) is 11.8 Å². The van der Waals surface area contributed by atoms with Crippen molar-refractivity contribution in [3.05, 3.63) is 89.0 Å². The zero-order chi connectivity index (χ0) is 19.7. The number of aromatic carboxylic acids is 1. The van der Waals surface area contributed by atoms with Crippen LogP contribution in [0.1, 0.15) is 65.3 Å². The van der Waals surface area contributed by atoms with Crippen LogP contribution < -0.4 is 5.11 Å². The van der Waals surface area contributed by atoms with Crippen molar-refractivity contribution in [2.24, 2.45) is 0 Å². The third-order valence-corrected chi connectivity index (χ3v) is 5.54. The van der Waals surface area contributed by atoms with Gasteiger partial charge in [-0.05, 0) is 59.2 Å². The summed E-state index contributed by atoms with van der Waals surface area (Å²) in [4.78, 5) is 15.1. The molecule has 4 nitrogen and oxygen atoms in total. The highest BCUT2D eigenvalue weighted by Crippen LogP contribution is 2.43. The van der Waals surface area contributed by atoms with Crippen molar-refractivity contribution in [2.45, 2.75) is 38.1 Å². The van der Waals surface area contributed by atoms with Crippen LogP contribution in [0.15, 0.2) is 61.2 Å². The second-order valence-corrected chi connectivity index (χ2v) is 7.87. The Morgan fingerprint density at radius 3 is 2.54 bits per heavy atom. The molecule has 1 aliphatic rings. The minimum atomic E-state index is -1.18. The van der Waals surface area contributed by atoms with Crippen molar-refractivity contribution in [2.75, 3.05) is 0 Å². The topological polar surface area (TPSA) is 58.0 Å². The molecule has 28 heavy (non-hydrogen) atoms. The number of aromatic nitrogens is 2. The monoisotopic (exact) mass is 369 g/mol. The van der Waals surface area contributed by atoms with Gasteiger partial charge >= 0.3 is 0 Å². The molecule has 0 spiro atoms. The highest BCUT2D eigenvalue weighted by atomic mass is 16.4. The van der Waals surface area contributed by atoms with Gasteiger partial charge in [-0.3, -0.25) is 0 Å². The summed E-state index contributed by atoms with van der Waals surface area (Å²) in [6.07, 6.45) is 7.93. The predicted octanol–water partition coefficient (Wildman–Crippen LogP) is 3.31. The fraction of sp³-hybridized carbons (Fsp3) is 0.250. The number of carbonyl (C=O) groups is 1. The molecule has 4 heteroatoms. The van der Waals surface area contributed by atoms with Crippen LogP contribution in [0, 0.1) is 11.8 Å². The van der Waals surface area contributed by atoms with E-state index in [1.807, 2.05) is 18.7 Å². The van der Waals surface area contributed by atoms with Gasteiger partial charge in [0, 0.05) is 23.5 Å². The van der Waals surface area contributed by atoms with Gasteiger partial charge in [0.05, 0.1) is 18.3 Å². The number of carboxylic acids is 1. The summed E-state index contributed by atoms with van der Waals surface area (Å²) in [6.45, 7) is 4.57. The summed E-state index contributed by atoms with van der Waals surface area (Å²) in [5.74, 6) is 5.16. The van der Waals surface area contributed by atoms with Gasteiger partial charge in [0.25, 0.3) is 0 Å². The number of rotatable bonds is 2. The molecule has 1 aliphatic carbocycles. The molecule has 4 rings (SSSR count). The van der Waals surface area contributed by atoms with Crippen LogP contribution in [0.25, 0.3) is 0 Å². The lowest BCUT2D eigenvalue weighted by Gasteiger charge is -2.37. The molecule has 2 aromatic carbocycles. The Bertz CT molecular complexity index is 1070. The van der Waals surface area contributed by atoms with Crippen LogP contribution in [0.4, 0.5) is 0 Å². The summed E-state index contributed by atoms with van der Waals surface area (Å²) in [6, 6.07) is 13.2. The van der Waals surface area contributed by atoms with Crippen molar-refractivity contribution in [3.63, 3.8) is 0 Å². The van der Waals surface area contributed by atoms with E-state index in [1.54, 1.807) is 12.1 Å². The highest BCUT2D eigenvalue weighted by molar-refractivity contribution is 5.85. The second kappa shape index (κ2) is 7.01. The van der Waals surface area contributed by atoms with Gasteiger partial charge in [-0.1, -0.05) is 43.9 Å². The largest absolute Gasteiger partial charge is 0.545 e. The van der Waals surface area contributed by atoms with Crippen LogP contribution in [0.2, 0.25) is 0 Å². The van der Waals surface area contributed by atoms with Crippen LogP contribution in [-0.2, 0) is 5.41 Å². The summed E-state index contributed by atoms with van der Waals surface area (Å²) >= 11 is 0. The van der Waals surface area contributed by atoms with E-state index in [0.717, 1.165) is 24.0 Å². The first kappa shape index (κ1) is 18.1. The van der Waals surface area contributed by atoms with Crippen LogP contribution >= 0.6 is 0 Å². The summed E-state index contributed by atoms with van der Waals surface area (Å²) in [7, 11) is 0. The number of hydrogen-bond donors (Lipinski definition) is 0. The first-order valence-electron chi connectivity index (χ1n) is 9.39. The quantitative estimate of drug-likeness (QED) is 0.651. The number of fused-ring (bicyclic) bond motifs is 1. The summed E-state index contributed by atoms with van der Waals surface area (Å²) in [5.41, 5.74) is 4.65. The molecule has 0 amide bonds. The predicted molar refractivity (Wildman–Crippen MR) is 106 cm³/mol. The molecular formula is C24H21N2O2-. The molecule has 1 heterocycles. The van der Waals surface area contributed by atoms with Gasteiger partial charge < -0.3 is 14.5 Å². The molecule has 3 aromatic rings. The number of imidazole rings is 1. The Kier molecular flexibility index (Phi) is 4.52. The van der Waals surface area contributed by atoms with Gasteiger partial charge in [0.1, 0.15) is 0 Å². The van der Waals surface area contributed by atoms with Gasteiger partial charge in [-0.15, -0.1) is 0 Å². The molecule has 1 unspecified atom stereocenters. The van der Waals surface area contributed by atoms with Crippen molar-refractivity contribution < 1.29 is 9.90 Å². The maximum Gasteiger partial charge on any atom is 0.0951 e. The van der Waals surface area contributed by atoms with E-state index >= 15 is 0 Å². The Morgan fingerprint density at radius 1 is 1.14 bits per heavy atom. The van der Waals surface area contributed by atoms with Crippen molar-refractivity contribution in [1.29, 1.82) is 0 Å². The smallest absolute Gasteiger partial charge is 0.0951 e. The number of nitrogens with zero attached hydrogens (tertiary/aromatic N) is 2. The molecule has 0 saturated heterocycles. The molecule has 0 fully saturated rings. The van der Waals surface area contributed by atoms with Gasteiger partial charge in [-0.25, -0.2) is 4.98 Å². The van der Waals surface area contributed by atoms with Crippen LogP contribution in [0.3, 0.4) is 0 Å². The van der Waals surface area contributed by atoms with Crippen LogP contribution in [-0.4, -0.2) is 15.5 Å².